The average molecular weight is 301 g/mol. The topological polar surface area (TPSA) is 73.1 Å². The number of hydrogen-bond acceptors (Lipinski definition) is 3. The van der Waals surface area contributed by atoms with Crippen molar-refractivity contribution in [3.63, 3.8) is 0 Å². The molecular weight excluding hydrogens is 288 g/mol. The van der Waals surface area contributed by atoms with E-state index in [0.717, 1.165) is 11.1 Å². The van der Waals surface area contributed by atoms with E-state index in [-0.39, 0.29) is 6.42 Å². The number of carbonyl (C=O) groups is 1. The number of carboxylic acids is 1. The maximum absolute atomic E-state index is 10.9. The number of carboxylic acid groups (broad SMARTS) is 1. The summed E-state index contributed by atoms with van der Waals surface area (Å²) in [6.45, 7) is 0.443. The second kappa shape index (κ2) is 6.78. The molecule has 0 heterocycles. The Labute approximate surface area is 127 Å². The smallest absolute Gasteiger partial charge is 0.307 e. The van der Waals surface area contributed by atoms with Gasteiger partial charge in [-0.15, -0.1) is 0 Å². The number of hydrogen-bond donors (Lipinski definition) is 2. The molecule has 2 aromatic rings. The van der Waals surface area contributed by atoms with Gasteiger partial charge in [0, 0.05) is 6.54 Å². The molecule has 0 amide bonds. The molecule has 0 fully saturated rings. The number of aliphatic carboxylic acids is 1. The first-order chi connectivity index (χ1) is 10.1. The van der Waals surface area contributed by atoms with E-state index in [0.29, 0.717) is 22.8 Å². The molecule has 0 aliphatic rings. The van der Waals surface area contributed by atoms with Gasteiger partial charge in [0.15, 0.2) is 0 Å². The van der Waals surface area contributed by atoms with Crippen LogP contribution in [-0.2, 0) is 17.8 Å². The lowest BCUT2D eigenvalue weighted by Crippen LogP contribution is -2.07. The van der Waals surface area contributed by atoms with Crippen molar-refractivity contribution in [3.05, 3.63) is 64.2 Å². The van der Waals surface area contributed by atoms with Crippen LogP contribution in [0.4, 0.5) is 5.69 Å². The highest BCUT2D eigenvalue weighted by Gasteiger charge is 2.07. The number of nitrogens with zero attached hydrogens (tertiary/aromatic N) is 1. The molecule has 2 aromatic carbocycles. The first kappa shape index (κ1) is 14.9. The van der Waals surface area contributed by atoms with E-state index in [2.05, 4.69) is 11.4 Å². The molecule has 0 unspecified atom stereocenters. The van der Waals surface area contributed by atoms with Gasteiger partial charge < -0.3 is 10.4 Å². The van der Waals surface area contributed by atoms with Crippen LogP contribution >= 0.6 is 11.6 Å². The first-order valence-electron chi connectivity index (χ1n) is 6.32. The van der Waals surface area contributed by atoms with Crippen molar-refractivity contribution in [2.45, 2.75) is 13.0 Å². The van der Waals surface area contributed by atoms with Crippen LogP contribution in [-0.4, -0.2) is 11.1 Å². The Balaban J connectivity index is 2.17. The summed E-state index contributed by atoms with van der Waals surface area (Å²) in [6, 6.07) is 14.4. The molecule has 0 radical (unpaired) electrons. The van der Waals surface area contributed by atoms with Crippen molar-refractivity contribution >= 4 is 23.3 Å². The lowest BCUT2D eigenvalue weighted by atomic mass is 10.0. The number of benzene rings is 2. The summed E-state index contributed by atoms with van der Waals surface area (Å²) >= 11 is 6.08. The molecule has 4 nitrogen and oxygen atoms in total. The second-order valence-corrected chi connectivity index (χ2v) is 4.91. The van der Waals surface area contributed by atoms with Crippen LogP contribution in [0.2, 0.25) is 5.02 Å². The molecule has 0 aliphatic heterocycles. The first-order valence-corrected chi connectivity index (χ1v) is 6.70. The summed E-state index contributed by atoms with van der Waals surface area (Å²) in [5.41, 5.74) is 2.81. The van der Waals surface area contributed by atoms with Crippen LogP contribution in [0.1, 0.15) is 16.7 Å². The summed E-state index contributed by atoms with van der Waals surface area (Å²) in [6.07, 6.45) is -0.0240. The van der Waals surface area contributed by atoms with E-state index < -0.39 is 5.97 Å². The molecule has 0 spiro atoms. The van der Waals surface area contributed by atoms with E-state index in [1.807, 2.05) is 18.2 Å². The number of anilines is 1. The van der Waals surface area contributed by atoms with Crippen molar-refractivity contribution in [2.24, 2.45) is 0 Å². The average Bonchev–Trinajstić information content (AvgIpc) is 2.47. The predicted molar refractivity (Wildman–Crippen MR) is 81.3 cm³/mol. The van der Waals surface area contributed by atoms with Crippen molar-refractivity contribution in [1.29, 1.82) is 5.26 Å². The van der Waals surface area contributed by atoms with Gasteiger partial charge in [-0.05, 0) is 29.3 Å². The van der Waals surface area contributed by atoms with Crippen LogP contribution in [0, 0.1) is 11.3 Å². The quantitative estimate of drug-likeness (QED) is 0.887. The van der Waals surface area contributed by atoms with Gasteiger partial charge in [0.25, 0.3) is 0 Å². The van der Waals surface area contributed by atoms with Crippen molar-refractivity contribution in [3.8, 4) is 6.07 Å². The van der Waals surface area contributed by atoms with E-state index >= 15 is 0 Å². The van der Waals surface area contributed by atoms with Crippen molar-refractivity contribution < 1.29 is 9.90 Å². The molecule has 0 bridgehead atoms. The van der Waals surface area contributed by atoms with E-state index in [9.17, 15) is 4.79 Å². The van der Waals surface area contributed by atoms with Gasteiger partial charge in [-0.2, -0.15) is 5.26 Å². The summed E-state index contributed by atoms with van der Waals surface area (Å²) in [7, 11) is 0. The summed E-state index contributed by atoms with van der Waals surface area (Å²) in [5, 5.41) is 21.5. The van der Waals surface area contributed by atoms with Crippen LogP contribution in [0.25, 0.3) is 0 Å². The number of halogens is 1. The zero-order valence-corrected chi connectivity index (χ0v) is 11.9. The fourth-order valence-electron chi connectivity index (χ4n) is 1.99. The van der Waals surface area contributed by atoms with Gasteiger partial charge in [-0.3, -0.25) is 4.79 Å². The summed E-state index contributed by atoms with van der Waals surface area (Å²) in [5.74, 6) is -0.869. The fraction of sp³-hybridized carbons (Fsp3) is 0.125. The van der Waals surface area contributed by atoms with Crippen LogP contribution < -0.4 is 5.32 Å². The van der Waals surface area contributed by atoms with Crippen LogP contribution in [0.3, 0.4) is 0 Å². The molecule has 0 saturated carbocycles. The zero-order valence-electron chi connectivity index (χ0n) is 11.1. The third-order valence-electron chi connectivity index (χ3n) is 3.02. The molecular formula is C16H13ClN2O2. The second-order valence-electron chi connectivity index (χ2n) is 4.50. The number of nitriles is 1. The highest BCUT2D eigenvalue weighted by atomic mass is 35.5. The fourth-order valence-corrected chi connectivity index (χ4v) is 2.17. The van der Waals surface area contributed by atoms with E-state index in [1.165, 1.54) is 0 Å². The van der Waals surface area contributed by atoms with Gasteiger partial charge in [0.1, 0.15) is 0 Å². The highest BCUT2D eigenvalue weighted by Crippen LogP contribution is 2.24. The Bertz CT molecular complexity index is 708. The SMILES string of the molecule is N#Cc1ccc(Cl)c(NCc2ccccc2CC(=O)O)c1. The van der Waals surface area contributed by atoms with Crippen LogP contribution in [0.15, 0.2) is 42.5 Å². The molecule has 5 heteroatoms. The Kier molecular flexibility index (Phi) is 4.81. The molecule has 0 aromatic heterocycles. The van der Waals surface area contributed by atoms with Gasteiger partial charge in [0.2, 0.25) is 0 Å². The maximum Gasteiger partial charge on any atom is 0.307 e. The summed E-state index contributed by atoms with van der Waals surface area (Å²) < 4.78 is 0. The molecule has 0 aliphatic carbocycles. The Morgan fingerprint density at radius 3 is 2.62 bits per heavy atom. The minimum atomic E-state index is -0.869. The molecule has 2 rings (SSSR count). The monoisotopic (exact) mass is 300 g/mol. The molecule has 0 saturated heterocycles. The van der Waals surface area contributed by atoms with E-state index in [1.54, 1.807) is 24.3 Å². The largest absolute Gasteiger partial charge is 0.481 e. The van der Waals surface area contributed by atoms with E-state index in [4.69, 9.17) is 22.0 Å². The molecule has 106 valence electrons. The lowest BCUT2D eigenvalue weighted by molar-refractivity contribution is -0.136. The third kappa shape index (κ3) is 3.98. The Morgan fingerprint density at radius 1 is 1.24 bits per heavy atom. The molecule has 0 atom stereocenters. The van der Waals surface area contributed by atoms with Gasteiger partial charge >= 0.3 is 5.97 Å². The molecule has 2 N–H and O–H groups in total. The third-order valence-corrected chi connectivity index (χ3v) is 3.35. The molecule has 21 heavy (non-hydrogen) atoms. The highest BCUT2D eigenvalue weighted by molar-refractivity contribution is 6.33. The lowest BCUT2D eigenvalue weighted by Gasteiger charge is -2.11. The Hall–Kier alpha value is -2.51. The minimum absolute atomic E-state index is 0.0240. The Morgan fingerprint density at radius 2 is 1.95 bits per heavy atom. The normalized spacial score (nSPS) is 9.90. The standard InChI is InChI=1S/C16H13ClN2O2/c17-14-6-5-11(9-18)7-15(14)19-10-13-4-2-1-3-12(13)8-16(20)21/h1-7,19H,8,10H2,(H,20,21). The number of nitrogens with one attached hydrogen (secondary N) is 1. The maximum atomic E-state index is 10.9. The van der Waals surface area contributed by atoms with Gasteiger partial charge in [-0.1, -0.05) is 35.9 Å². The summed E-state index contributed by atoms with van der Waals surface area (Å²) in [4.78, 5) is 10.9. The van der Waals surface area contributed by atoms with Gasteiger partial charge in [0.05, 0.1) is 28.8 Å². The van der Waals surface area contributed by atoms with Crippen LogP contribution in [0.5, 0.6) is 0 Å². The number of rotatable bonds is 5. The van der Waals surface area contributed by atoms with Gasteiger partial charge in [-0.25, -0.2) is 0 Å². The predicted octanol–water partition coefficient (Wildman–Crippen LogP) is 3.45. The zero-order chi connectivity index (χ0) is 15.2. The van der Waals surface area contributed by atoms with Crippen molar-refractivity contribution in [2.75, 3.05) is 5.32 Å². The van der Waals surface area contributed by atoms with Crippen molar-refractivity contribution in [1.82, 2.24) is 0 Å². The minimum Gasteiger partial charge on any atom is -0.481 e.